The number of amides is 1. The van der Waals surface area contributed by atoms with Gasteiger partial charge in [0.25, 0.3) is 5.91 Å². The fourth-order valence-electron chi connectivity index (χ4n) is 3.84. The number of sulfone groups is 1. The van der Waals surface area contributed by atoms with Crippen molar-refractivity contribution in [3.8, 4) is 0 Å². The number of nitrogens with one attached hydrogen (secondary N) is 3. The van der Waals surface area contributed by atoms with E-state index in [0.717, 1.165) is 5.69 Å². The van der Waals surface area contributed by atoms with E-state index in [0.29, 0.717) is 30.0 Å². The van der Waals surface area contributed by atoms with Gasteiger partial charge in [0, 0.05) is 35.8 Å². The number of anilines is 4. The van der Waals surface area contributed by atoms with Gasteiger partial charge in [0.05, 0.1) is 29.2 Å². The van der Waals surface area contributed by atoms with Crippen LogP contribution in [0.4, 0.5) is 23.1 Å². The second-order valence-electron chi connectivity index (χ2n) is 8.74. The van der Waals surface area contributed by atoms with Gasteiger partial charge in [0.15, 0.2) is 21.3 Å². The summed E-state index contributed by atoms with van der Waals surface area (Å²) in [6.07, 6.45) is 3.63. The number of carbonyl (C=O) groups is 1. The average Bonchev–Trinajstić information content (AvgIpc) is 3.54. The SMILES string of the molecule is [B]C([B])([B])NC(=O)c1nnc(Nc2cc(C)nc(C)n2)cc1Nc1ncccc1C1(S(C)(=O)=O)CC1. The summed E-state index contributed by atoms with van der Waals surface area (Å²) in [7, 11) is 13.1. The summed E-state index contributed by atoms with van der Waals surface area (Å²) in [5.74, 6) is 0.711. The second kappa shape index (κ2) is 9.19. The molecule has 1 aliphatic rings. The van der Waals surface area contributed by atoms with Crippen molar-refractivity contribution in [3.63, 3.8) is 0 Å². The van der Waals surface area contributed by atoms with Crippen molar-refractivity contribution in [2.75, 3.05) is 16.9 Å². The van der Waals surface area contributed by atoms with Gasteiger partial charge in [0.1, 0.15) is 22.2 Å². The maximum Gasteiger partial charge on any atom is 0.272 e. The number of aromatic nitrogens is 5. The topological polar surface area (TPSA) is 152 Å². The third-order valence-corrected chi connectivity index (χ3v) is 7.57. The van der Waals surface area contributed by atoms with Crippen LogP contribution in [0.3, 0.4) is 0 Å². The highest BCUT2D eigenvalue weighted by molar-refractivity contribution is 7.92. The highest BCUT2D eigenvalue weighted by Crippen LogP contribution is 2.54. The van der Waals surface area contributed by atoms with E-state index in [-0.39, 0.29) is 23.0 Å². The van der Waals surface area contributed by atoms with Crippen LogP contribution in [0.2, 0.25) is 0 Å². The lowest BCUT2D eigenvalue weighted by Gasteiger charge is -2.23. The van der Waals surface area contributed by atoms with Gasteiger partial charge >= 0.3 is 0 Å². The number of rotatable bonds is 8. The molecule has 0 unspecified atom stereocenters. The normalized spacial score (nSPS) is 14.6. The first-order chi connectivity index (χ1) is 16.8. The van der Waals surface area contributed by atoms with E-state index >= 15 is 0 Å². The molecule has 178 valence electrons. The molecule has 4 rings (SSSR count). The fraction of sp³-hybridized carbons (Fsp3) is 0.333. The minimum absolute atomic E-state index is 0.154. The van der Waals surface area contributed by atoms with Crippen molar-refractivity contribution >= 4 is 62.4 Å². The van der Waals surface area contributed by atoms with E-state index in [4.69, 9.17) is 23.5 Å². The average molecular weight is 498 g/mol. The molecule has 1 aliphatic carbocycles. The molecule has 3 aromatic heterocycles. The molecule has 3 heterocycles. The van der Waals surface area contributed by atoms with E-state index in [1.165, 1.54) is 18.5 Å². The van der Waals surface area contributed by atoms with Gasteiger partial charge in [0.2, 0.25) is 0 Å². The highest BCUT2D eigenvalue weighted by atomic mass is 32.2. The lowest BCUT2D eigenvalue weighted by atomic mass is 9.49. The van der Waals surface area contributed by atoms with Crippen LogP contribution in [0.15, 0.2) is 30.5 Å². The Kier molecular flexibility index (Phi) is 6.54. The van der Waals surface area contributed by atoms with E-state index in [1.807, 2.05) is 6.92 Å². The fourth-order valence-corrected chi connectivity index (χ4v) is 5.25. The molecule has 0 bridgehead atoms. The highest BCUT2D eigenvalue weighted by Gasteiger charge is 2.55. The van der Waals surface area contributed by atoms with Crippen LogP contribution in [0, 0.1) is 13.8 Å². The van der Waals surface area contributed by atoms with Crippen molar-refractivity contribution in [3.05, 3.63) is 53.2 Å². The Morgan fingerprint density at radius 3 is 2.39 bits per heavy atom. The zero-order valence-electron chi connectivity index (χ0n) is 19.9. The Morgan fingerprint density at radius 1 is 1.06 bits per heavy atom. The predicted molar refractivity (Wildman–Crippen MR) is 138 cm³/mol. The number of pyridine rings is 1. The van der Waals surface area contributed by atoms with E-state index in [2.05, 4.69) is 41.1 Å². The lowest BCUT2D eigenvalue weighted by molar-refractivity contribution is 0.0947. The van der Waals surface area contributed by atoms with Gasteiger partial charge in [-0.2, -0.15) is 0 Å². The number of hydrogen-bond donors (Lipinski definition) is 3. The van der Waals surface area contributed by atoms with Gasteiger partial charge in [-0.05, 0) is 32.8 Å². The molecule has 3 N–H and O–H groups in total. The zero-order valence-corrected chi connectivity index (χ0v) is 20.7. The molecule has 1 fully saturated rings. The molecule has 0 saturated heterocycles. The smallest absolute Gasteiger partial charge is 0.272 e. The molecular formula is C21H21B3N8O3S. The minimum Gasteiger partial charge on any atom is -0.370 e. The summed E-state index contributed by atoms with van der Waals surface area (Å²) < 4.78 is 24.1. The number of aryl methyl sites for hydroxylation is 2. The molecule has 1 saturated carbocycles. The first-order valence-electron chi connectivity index (χ1n) is 10.9. The van der Waals surface area contributed by atoms with E-state index < -0.39 is 25.7 Å². The summed E-state index contributed by atoms with van der Waals surface area (Å²) in [5.41, 5.74) is 1.19. The molecule has 6 radical (unpaired) electrons. The molecule has 0 aliphatic heterocycles. The molecule has 36 heavy (non-hydrogen) atoms. The van der Waals surface area contributed by atoms with Gasteiger partial charge in [-0.25, -0.2) is 23.4 Å². The molecular weight excluding hydrogens is 477 g/mol. The molecule has 0 atom stereocenters. The van der Waals surface area contributed by atoms with Crippen molar-refractivity contribution in [2.24, 2.45) is 0 Å². The maximum absolute atomic E-state index is 12.8. The molecule has 1 amide bonds. The summed E-state index contributed by atoms with van der Waals surface area (Å²) in [5, 5.41) is 14.3. The van der Waals surface area contributed by atoms with Crippen LogP contribution < -0.4 is 16.0 Å². The monoisotopic (exact) mass is 498 g/mol. The molecule has 0 aromatic carbocycles. The Morgan fingerprint density at radius 2 is 1.78 bits per heavy atom. The van der Waals surface area contributed by atoms with E-state index in [1.54, 1.807) is 25.1 Å². The van der Waals surface area contributed by atoms with Crippen molar-refractivity contribution in [2.45, 2.75) is 36.7 Å². The number of hydrogen-bond acceptors (Lipinski definition) is 10. The van der Waals surface area contributed by atoms with Crippen LogP contribution in [0.25, 0.3) is 0 Å². The first kappa shape index (κ1) is 25.6. The van der Waals surface area contributed by atoms with Gasteiger partial charge in [-0.15, -0.1) is 10.2 Å². The summed E-state index contributed by atoms with van der Waals surface area (Å²) in [6, 6.07) is 6.56. The second-order valence-corrected chi connectivity index (χ2v) is 11.1. The molecule has 3 aromatic rings. The summed E-state index contributed by atoms with van der Waals surface area (Å²) in [4.78, 5) is 25.7. The van der Waals surface area contributed by atoms with Crippen LogP contribution in [-0.2, 0) is 14.6 Å². The third-order valence-electron chi connectivity index (χ3n) is 5.53. The van der Waals surface area contributed by atoms with Crippen LogP contribution in [0.1, 0.15) is 40.4 Å². The van der Waals surface area contributed by atoms with Crippen LogP contribution >= 0.6 is 0 Å². The molecule has 15 heteroatoms. The largest absolute Gasteiger partial charge is 0.370 e. The lowest BCUT2D eigenvalue weighted by Crippen LogP contribution is -2.50. The summed E-state index contributed by atoms with van der Waals surface area (Å²) >= 11 is 0. The first-order valence-corrected chi connectivity index (χ1v) is 12.7. The zero-order chi connectivity index (χ0) is 26.3. The van der Waals surface area contributed by atoms with Crippen LogP contribution in [0.5, 0.6) is 0 Å². The van der Waals surface area contributed by atoms with Gasteiger partial charge in [-0.1, -0.05) is 11.3 Å². The molecule has 0 spiro atoms. The standard InChI is InChI=1S/C21H21B3N8O3S/c1-11-9-15(27-12(2)26-11)29-16-10-14(17(32-31-16)19(33)30-21(22,23)24)28-18-13(5-4-8-25-18)20(6-7-20)36(3,34)35/h4-5,8-10H,6-7H2,1-3H3,(H,30,33)(H2,25,26,27,28,29,31). The third kappa shape index (κ3) is 5.50. The Balaban J connectivity index is 1.76. The number of carbonyl (C=O) groups excluding carboxylic acids is 1. The predicted octanol–water partition coefficient (Wildman–Crippen LogP) is 0.646. The summed E-state index contributed by atoms with van der Waals surface area (Å²) in [6.45, 7) is 3.57. The quantitative estimate of drug-likeness (QED) is 0.378. The Hall–Kier alpha value is -3.48. The van der Waals surface area contributed by atoms with E-state index in [9.17, 15) is 13.2 Å². The Labute approximate surface area is 212 Å². The maximum atomic E-state index is 12.8. The van der Waals surface area contributed by atoms with Crippen LogP contribution in [-0.4, -0.2) is 74.5 Å². The molecule has 11 nitrogen and oxygen atoms in total. The Bertz CT molecular complexity index is 1420. The van der Waals surface area contributed by atoms with Gasteiger partial charge < -0.3 is 16.0 Å². The number of nitrogens with zero attached hydrogens (tertiary/aromatic N) is 5. The van der Waals surface area contributed by atoms with Gasteiger partial charge in [-0.3, -0.25) is 4.79 Å². The van der Waals surface area contributed by atoms with Crippen molar-refractivity contribution in [1.29, 1.82) is 0 Å². The van der Waals surface area contributed by atoms with Crippen molar-refractivity contribution in [1.82, 2.24) is 30.5 Å². The minimum atomic E-state index is -3.43. The van der Waals surface area contributed by atoms with Crippen molar-refractivity contribution < 1.29 is 13.2 Å².